The summed E-state index contributed by atoms with van der Waals surface area (Å²) in [6, 6.07) is 7.88. The van der Waals surface area contributed by atoms with E-state index in [-0.39, 0.29) is 11.8 Å². The normalized spacial score (nSPS) is 12.2. The van der Waals surface area contributed by atoms with Crippen molar-refractivity contribution in [2.24, 2.45) is 5.84 Å². The summed E-state index contributed by atoms with van der Waals surface area (Å²) in [5.74, 6) is 5.46. The zero-order valence-electron chi connectivity index (χ0n) is 11.4. The number of thioether (sulfide) groups is 1. The number of hydrogen-bond donors (Lipinski definition) is 2. The second kappa shape index (κ2) is 6.58. The van der Waals surface area contributed by atoms with E-state index in [0.717, 1.165) is 22.6 Å². The minimum Gasteiger partial charge on any atom is -0.440 e. The number of carbonyl (C=O) groups is 1. The summed E-state index contributed by atoms with van der Waals surface area (Å²) in [6.07, 6.45) is 1.64. The molecular weight excluding hydrogens is 274 g/mol. The molecule has 6 heteroatoms. The summed E-state index contributed by atoms with van der Waals surface area (Å²) in [4.78, 5) is 15.7. The Kier molecular flexibility index (Phi) is 4.81. The lowest BCUT2D eigenvalue weighted by molar-refractivity contribution is -0.122. The van der Waals surface area contributed by atoms with Gasteiger partial charge in [0, 0.05) is 5.75 Å². The molecule has 0 aliphatic rings. The van der Waals surface area contributed by atoms with Gasteiger partial charge >= 0.3 is 0 Å². The second-order valence-corrected chi connectivity index (χ2v) is 5.44. The van der Waals surface area contributed by atoms with Crippen LogP contribution in [-0.4, -0.2) is 10.9 Å². The summed E-state index contributed by atoms with van der Waals surface area (Å²) in [7, 11) is 0. The van der Waals surface area contributed by atoms with Crippen molar-refractivity contribution in [3.05, 3.63) is 47.3 Å². The third-order valence-corrected chi connectivity index (χ3v) is 3.89. The van der Waals surface area contributed by atoms with Crippen molar-refractivity contribution < 1.29 is 9.21 Å². The fourth-order valence-corrected chi connectivity index (χ4v) is 2.53. The van der Waals surface area contributed by atoms with E-state index in [1.165, 1.54) is 0 Å². The number of nitrogens with zero attached hydrogens (tertiary/aromatic N) is 1. The Morgan fingerprint density at radius 3 is 2.70 bits per heavy atom. The fourth-order valence-electron chi connectivity index (χ4n) is 1.72. The third-order valence-electron chi connectivity index (χ3n) is 2.98. The number of rotatable bonds is 5. The van der Waals surface area contributed by atoms with Crippen molar-refractivity contribution in [3.63, 3.8) is 0 Å². The maximum Gasteiger partial charge on any atom is 0.256 e. The molecule has 2 rings (SSSR count). The van der Waals surface area contributed by atoms with Gasteiger partial charge in [-0.05, 0) is 25.0 Å². The lowest BCUT2D eigenvalue weighted by Gasteiger charge is -2.10. The van der Waals surface area contributed by atoms with Crippen molar-refractivity contribution in [1.82, 2.24) is 10.4 Å². The first-order valence-corrected chi connectivity index (χ1v) is 7.23. The highest BCUT2D eigenvalue weighted by atomic mass is 32.2. The molecule has 0 spiro atoms. The third kappa shape index (κ3) is 3.61. The summed E-state index contributed by atoms with van der Waals surface area (Å²) in [5.41, 5.74) is 5.13. The van der Waals surface area contributed by atoms with Gasteiger partial charge < -0.3 is 4.42 Å². The molecule has 0 radical (unpaired) electrons. The van der Waals surface area contributed by atoms with E-state index in [1.807, 2.05) is 38.1 Å². The average Bonchev–Trinajstić information content (AvgIpc) is 2.89. The van der Waals surface area contributed by atoms with Crippen LogP contribution in [0.1, 0.15) is 29.7 Å². The second-order valence-electron chi connectivity index (χ2n) is 4.52. The Morgan fingerprint density at radius 2 is 2.15 bits per heavy atom. The molecule has 0 aliphatic heterocycles. The molecule has 1 heterocycles. The molecule has 5 nitrogen and oxygen atoms in total. The molecule has 0 fully saturated rings. The summed E-state index contributed by atoms with van der Waals surface area (Å²) in [5, 5.41) is 0.669. The number of aryl methyl sites for hydroxylation is 1. The Morgan fingerprint density at radius 1 is 1.45 bits per heavy atom. The number of oxazole rings is 1. The Balaban J connectivity index is 1.96. The Bertz CT molecular complexity index is 580. The molecule has 1 amide bonds. The van der Waals surface area contributed by atoms with Crippen molar-refractivity contribution >= 4 is 17.7 Å². The van der Waals surface area contributed by atoms with Gasteiger partial charge in [0.1, 0.15) is 6.26 Å². The van der Waals surface area contributed by atoms with Gasteiger partial charge in [-0.15, -0.1) is 0 Å². The minimum absolute atomic E-state index is 0.192. The van der Waals surface area contributed by atoms with Gasteiger partial charge in [-0.2, -0.15) is 0 Å². The highest BCUT2D eigenvalue weighted by Crippen LogP contribution is 2.23. The van der Waals surface area contributed by atoms with E-state index in [1.54, 1.807) is 18.0 Å². The first-order valence-electron chi connectivity index (χ1n) is 6.24. The van der Waals surface area contributed by atoms with Gasteiger partial charge in [0.05, 0.1) is 11.6 Å². The highest BCUT2D eigenvalue weighted by Gasteiger charge is 2.13. The molecule has 2 aromatic rings. The van der Waals surface area contributed by atoms with Crippen LogP contribution < -0.4 is 11.3 Å². The number of hydrazine groups is 1. The maximum atomic E-state index is 11.4. The van der Waals surface area contributed by atoms with Crippen LogP contribution >= 0.6 is 11.8 Å². The van der Waals surface area contributed by atoms with Gasteiger partial charge in [-0.25, -0.2) is 10.8 Å². The highest BCUT2D eigenvalue weighted by molar-refractivity contribution is 7.98. The summed E-state index contributed by atoms with van der Waals surface area (Å²) < 4.78 is 5.28. The Hall–Kier alpha value is -1.79. The van der Waals surface area contributed by atoms with Gasteiger partial charge in [0.15, 0.2) is 0 Å². The molecule has 1 aromatic carbocycles. The molecule has 0 saturated carbocycles. The van der Waals surface area contributed by atoms with E-state index in [0.29, 0.717) is 5.22 Å². The van der Waals surface area contributed by atoms with E-state index in [9.17, 15) is 4.79 Å². The lowest BCUT2D eigenvalue weighted by atomic mass is 10.00. The van der Waals surface area contributed by atoms with Gasteiger partial charge in [0.25, 0.3) is 5.22 Å². The zero-order valence-corrected chi connectivity index (χ0v) is 12.2. The number of nitrogens with two attached hydrogens (primary N) is 1. The summed E-state index contributed by atoms with van der Waals surface area (Å²) >= 11 is 1.54. The SMILES string of the molecule is Cc1coc(SCc2ccc(C(C)C(=O)NN)cc2)n1. The van der Waals surface area contributed by atoms with Gasteiger partial charge in [-0.1, -0.05) is 36.0 Å². The van der Waals surface area contributed by atoms with Crippen molar-refractivity contribution in [2.45, 2.75) is 30.7 Å². The van der Waals surface area contributed by atoms with Crippen LogP contribution in [0.2, 0.25) is 0 Å². The van der Waals surface area contributed by atoms with Crippen LogP contribution in [0.3, 0.4) is 0 Å². The molecular formula is C14H17N3O2S. The number of nitrogens with one attached hydrogen (secondary N) is 1. The number of amides is 1. The molecule has 106 valence electrons. The monoisotopic (exact) mass is 291 g/mol. The minimum atomic E-state index is -0.254. The molecule has 1 aromatic heterocycles. The molecule has 0 aliphatic carbocycles. The molecule has 0 saturated heterocycles. The molecule has 3 N–H and O–H groups in total. The molecule has 1 unspecified atom stereocenters. The van der Waals surface area contributed by atoms with Crippen LogP contribution in [0, 0.1) is 6.92 Å². The predicted molar refractivity (Wildman–Crippen MR) is 78.0 cm³/mol. The van der Waals surface area contributed by atoms with Crippen molar-refractivity contribution in [2.75, 3.05) is 0 Å². The van der Waals surface area contributed by atoms with E-state index < -0.39 is 0 Å². The van der Waals surface area contributed by atoms with Crippen LogP contribution in [0.15, 0.2) is 40.2 Å². The standard InChI is InChI=1S/C14H17N3O2S/c1-9-7-19-14(16-9)20-8-11-3-5-12(6-4-11)10(2)13(18)17-15/h3-7,10H,8,15H2,1-2H3,(H,17,18). The number of aromatic nitrogens is 1. The fraction of sp³-hybridized carbons (Fsp3) is 0.286. The number of benzene rings is 1. The maximum absolute atomic E-state index is 11.4. The van der Waals surface area contributed by atoms with E-state index >= 15 is 0 Å². The number of hydrogen-bond acceptors (Lipinski definition) is 5. The van der Waals surface area contributed by atoms with Gasteiger partial charge in [-0.3, -0.25) is 10.2 Å². The van der Waals surface area contributed by atoms with Crippen LogP contribution in [0.5, 0.6) is 0 Å². The molecule has 1 atom stereocenters. The average molecular weight is 291 g/mol. The number of carbonyl (C=O) groups excluding carboxylic acids is 1. The van der Waals surface area contributed by atoms with Crippen LogP contribution in [-0.2, 0) is 10.5 Å². The lowest BCUT2D eigenvalue weighted by Crippen LogP contribution is -2.33. The quantitative estimate of drug-likeness (QED) is 0.382. The predicted octanol–water partition coefficient (Wildman–Crippen LogP) is 2.37. The van der Waals surface area contributed by atoms with Crippen LogP contribution in [0.4, 0.5) is 0 Å². The topological polar surface area (TPSA) is 81.2 Å². The largest absolute Gasteiger partial charge is 0.440 e. The Labute approximate surface area is 121 Å². The van der Waals surface area contributed by atoms with Gasteiger partial charge in [0.2, 0.25) is 5.91 Å². The molecule has 0 bridgehead atoms. The van der Waals surface area contributed by atoms with Crippen molar-refractivity contribution in [1.29, 1.82) is 0 Å². The van der Waals surface area contributed by atoms with E-state index in [2.05, 4.69) is 10.4 Å². The first kappa shape index (κ1) is 14.6. The van der Waals surface area contributed by atoms with E-state index in [4.69, 9.17) is 10.3 Å². The first-order chi connectivity index (χ1) is 9.60. The van der Waals surface area contributed by atoms with Crippen LogP contribution in [0.25, 0.3) is 0 Å². The molecule has 20 heavy (non-hydrogen) atoms. The summed E-state index contributed by atoms with van der Waals surface area (Å²) in [6.45, 7) is 3.72. The zero-order chi connectivity index (χ0) is 14.5. The smallest absolute Gasteiger partial charge is 0.256 e. The van der Waals surface area contributed by atoms with Crippen molar-refractivity contribution in [3.8, 4) is 0 Å².